The Morgan fingerprint density at radius 3 is 2.41 bits per heavy atom. The number of thiophene rings is 1. The predicted molar refractivity (Wildman–Crippen MR) is 78.0 cm³/mol. The lowest BCUT2D eigenvalue weighted by Gasteiger charge is -2.13. The summed E-state index contributed by atoms with van der Waals surface area (Å²) < 4.78 is 38.4. The maximum atomic E-state index is 12.8. The molecule has 0 spiro atoms. The predicted octanol–water partition coefficient (Wildman–Crippen LogP) is 4.37. The number of Topliss-reactive ketones (excluding diaryl/α,β-unsaturated/α-hetero) is 1. The van der Waals surface area contributed by atoms with Gasteiger partial charge in [0, 0.05) is 12.8 Å². The zero-order valence-electron chi connectivity index (χ0n) is 11.3. The van der Waals surface area contributed by atoms with Crippen molar-refractivity contribution in [3.8, 4) is 0 Å². The van der Waals surface area contributed by atoms with E-state index >= 15 is 0 Å². The molecule has 0 fully saturated rings. The molecular weight excluding hydrogens is 315 g/mol. The van der Waals surface area contributed by atoms with E-state index in [9.17, 15) is 22.8 Å². The molecule has 0 aliphatic carbocycles. The SMILES string of the molecule is O=C(CCC(=O)c1cccs1)Nc1ccccc1C(F)(F)F. The zero-order valence-corrected chi connectivity index (χ0v) is 12.1. The van der Waals surface area contributed by atoms with Crippen molar-refractivity contribution < 1.29 is 22.8 Å². The van der Waals surface area contributed by atoms with Gasteiger partial charge in [0.15, 0.2) is 5.78 Å². The van der Waals surface area contributed by atoms with E-state index in [2.05, 4.69) is 5.32 Å². The molecular formula is C15H12F3NO2S. The highest BCUT2D eigenvalue weighted by atomic mass is 32.1. The quantitative estimate of drug-likeness (QED) is 0.829. The van der Waals surface area contributed by atoms with E-state index in [1.807, 2.05) is 0 Å². The Balaban J connectivity index is 1.97. The molecule has 0 atom stereocenters. The summed E-state index contributed by atoms with van der Waals surface area (Å²) in [6.45, 7) is 0. The number of carbonyl (C=O) groups excluding carboxylic acids is 2. The lowest BCUT2D eigenvalue weighted by atomic mass is 10.1. The molecule has 0 saturated heterocycles. The maximum Gasteiger partial charge on any atom is 0.418 e. The number of benzene rings is 1. The van der Waals surface area contributed by atoms with Crippen molar-refractivity contribution in [3.63, 3.8) is 0 Å². The minimum absolute atomic E-state index is 0.0411. The molecule has 2 aromatic rings. The van der Waals surface area contributed by atoms with E-state index in [0.29, 0.717) is 4.88 Å². The molecule has 1 amide bonds. The van der Waals surface area contributed by atoms with Gasteiger partial charge < -0.3 is 5.32 Å². The van der Waals surface area contributed by atoms with Crippen LogP contribution in [0, 0.1) is 0 Å². The molecule has 0 aliphatic rings. The minimum atomic E-state index is -4.54. The average Bonchev–Trinajstić information content (AvgIpc) is 2.98. The molecule has 0 radical (unpaired) electrons. The van der Waals surface area contributed by atoms with Crippen molar-refractivity contribution in [1.29, 1.82) is 0 Å². The summed E-state index contributed by atoms with van der Waals surface area (Å²) in [4.78, 5) is 24.0. The van der Waals surface area contributed by atoms with Crippen LogP contribution in [0.25, 0.3) is 0 Å². The number of hydrogen-bond acceptors (Lipinski definition) is 3. The molecule has 2 rings (SSSR count). The highest BCUT2D eigenvalue weighted by Crippen LogP contribution is 2.34. The fraction of sp³-hybridized carbons (Fsp3) is 0.200. The van der Waals surface area contributed by atoms with Crippen molar-refractivity contribution in [2.45, 2.75) is 19.0 Å². The number of hydrogen-bond donors (Lipinski definition) is 1. The molecule has 116 valence electrons. The number of amides is 1. The largest absolute Gasteiger partial charge is 0.418 e. The fourth-order valence-electron chi connectivity index (χ4n) is 1.84. The van der Waals surface area contributed by atoms with Crippen LogP contribution in [-0.4, -0.2) is 11.7 Å². The van der Waals surface area contributed by atoms with E-state index in [1.165, 1.54) is 29.5 Å². The first-order chi connectivity index (χ1) is 10.4. The zero-order chi connectivity index (χ0) is 16.2. The molecule has 0 aliphatic heterocycles. The third-order valence-corrected chi connectivity index (χ3v) is 3.79. The number of halogens is 3. The van der Waals surface area contributed by atoms with Gasteiger partial charge in [-0.3, -0.25) is 9.59 Å². The van der Waals surface area contributed by atoms with Crippen LogP contribution in [0.5, 0.6) is 0 Å². The van der Waals surface area contributed by atoms with Gasteiger partial charge in [-0.05, 0) is 23.6 Å². The number of alkyl halides is 3. The summed E-state index contributed by atoms with van der Waals surface area (Å²) >= 11 is 1.26. The lowest BCUT2D eigenvalue weighted by molar-refractivity contribution is -0.137. The smallest absolute Gasteiger partial charge is 0.325 e. The molecule has 1 N–H and O–H groups in total. The van der Waals surface area contributed by atoms with Crippen molar-refractivity contribution in [2.24, 2.45) is 0 Å². The number of ketones is 1. The van der Waals surface area contributed by atoms with E-state index in [4.69, 9.17) is 0 Å². The van der Waals surface area contributed by atoms with Crippen LogP contribution in [0.4, 0.5) is 18.9 Å². The van der Waals surface area contributed by atoms with Crippen LogP contribution in [0.3, 0.4) is 0 Å². The summed E-state index contributed by atoms with van der Waals surface area (Å²) in [7, 11) is 0. The Bertz CT molecular complexity index is 666. The third kappa shape index (κ3) is 4.17. The molecule has 0 unspecified atom stereocenters. The number of carbonyl (C=O) groups is 2. The van der Waals surface area contributed by atoms with Gasteiger partial charge in [0.05, 0.1) is 16.1 Å². The van der Waals surface area contributed by atoms with Crippen LogP contribution in [-0.2, 0) is 11.0 Å². The van der Waals surface area contributed by atoms with Crippen molar-refractivity contribution >= 4 is 28.7 Å². The van der Waals surface area contributed by atoms with Gasteiger partial charge in [-0.25, -0.2) is 0 Å². The summed E-state index contributed by atoms with van der Waals surface area (Å²) in [5, 5.41) is 3.95. The molecule has 1 heterocycles. The Morgan fingerprint density at radius 1 is 1.05 bits per heavy atom. The Morgan fingerprint density at radius 2 is 1.77 bits per heavy atom. The van der Waals surface area contributed by atoms with Gasteiger partial charge in [0.2, 0.25) is 5.91 Å². The summed E-state index contributed by atoms with van der Waals surface area (Å²) in [6, 6.07) is 8.09. The molecule has 1 aromatic carbocycles. The minimum Gasteiger partial charge on any atom is -0.325 e. The van der Waals surface area contributed by atoms with Gasteiger partial charge in [-0.2, -0.15) is 13.2 Å². The normalized spacial score (nSPS) is 11.2. The lowest BCUT2D eigenvalue weighted by Crippen LogP contribution is -2.17. The van der Waals surface area contributed by atoms with E-state index in [0.717, 1.165) is 6.07 Å². The van der Waals surface area contributed by atoms with Gasteiger partial charge >= 0.3 is 6.18 Å². The van der Waals surface area contributed by atoms with Gasteiger partial charge in [-0.15, -0.1) is 11.3 Å². The monoisotopic (exact) mass is 327 g/mol. The Hall–Kier alpha value is -2.15. The van der Waals surface area contributed by atoms with Crippen LogP contribution in [0.15, 0.2) is 41.8 Å². The van der Waals surface area contributed by atoms with Gasteiger partial charge in [0.1, 0.15) is 0 Å². The Labute approximate surface area is 128 Å². The van der Waals surface area contributed by atoms with Gasteiger partial charge in [0.25, 0.3) is 0 Å². The van der Waals surface area contributed by atoms with Crippen LogP contribution >= 0.6 is 11.3 Å². The first-order valence-corrected chi connectivity index (χ1v) is 7.28. The van der Waals surface area contributed by atoms with Gasteiger partial charge in [-0.1, -0.05) is 18.2 Å². The van der Waals surface area contributed by atoms with Crippen LogP contribution in [0.1, 0.15) is 28.1 Å². The number of nitrogens with one attached hydrogen (secondary N) is 1. The van der Waals surface area contributed by atoms with Crippen LogP contribution < -0.4 is 5.32 Å². The van der Waals surface area contributed by atoms with Crippen LogP contribution in [0.2, 0.25) is 0 Å². The number of para-hydroxylation sites is 1. The summed E-state index contributed by atoms with van der Waals surface area (Å²) in [5.41, 5.74) is -1.21. The topological polar surface area (TPSA) is 46.2 Å². The highest BCUT2D eigenvalue weighted by molar-refractivity contribution is 7.12. The third-order valence-electron chi connectivity index (χ3n) is 2.88. The molecule has 3 nitrogen and oxygen atoms in total. The average molecular weight is 327 g/mol. The first-order valence-electron chi connectivity index (χ1n) is 6.40. The van der Waals surface area contributed by atoms with E-state index in [1.54, 1.807) is 17.5 Å². The fourth-order valence-corrected chi connectivity index (χ4v) is 2.53. The van der Waals surface area contributed by atoms with E-state index in [-0.39, 0.29) is 24.3 Å². The summed E-state index contributed by atoms with van der Waals surface area (Å²) in [6.07, 6.45) is -4.75. The standard InChI is InChI=1S/C15H12F3NO2S/c16-15(17,18)10-4-1-2-5-11(10)19-14(21)8-7-12(20)13-6-3-9-22-13/h1-6,9H,7-8H2,(H,19,21). The van der Waals surface area contributed by atoms with E-state index < -0.39 is 17.6 Å². The number of anilines is 1. The summed E-state index contributed by atoms with van der Waals surface area (Å²) in [5.74, 6) is -0.823. The molecule has 0 saturated carbocycles. The molecule has 7 heteroatoms. The second-order valence-electron chi connectivity index (χ2n) is 4.49. The first kappa shape index (κ1) is 16.2. The maximum absolute atomic E-state index is 12.8. The molecule has 22 heavy (non-hydrogen) atoms. The second kappa shape index (κ2) is 6.74. The molecule has 0 bridgehead atoms. The van der Waals surface area contributed by atoms with Crippen molar-refractivity contribution in [1.82, 2.24) is 0 Å². The highest BCUT2D eigenvalue weighted by Gasteiger charge is 2.33. The number of rotatable bonds is 5. The second-order valence-corrected chi connectivity index (χ2v) is 5.44. The van der Waals surface area contributed by atoms with Crippen molar-refractivity contribution in [2.75, 3.05) is 5.32 Å². The van der Waals surface area contributed by atoms with Crippen molar-refractivity contribution in [3.05, 3.63) is 52.2 Å². The molecule has 1 aromatic heterocycles. The Kier molecular flexibility index (Phi) is 4.97.